The lowest BCUT2D eigenvalue weighted by Crippen LogP contribution is -2.16. The number of allylic oxidation sites excluding steroid dienone is 1. The van der Waals surface area contributed by atoms with Gasteiger partial charge in [-0.05, 0) is 58.7 Å². The minimum atomic E-state index is 0.924. The molecule has 0 unspecified atom stereocenters. The number of hydrogen-bond acceptors (Lipinski definition) is 3. The molecule has 2 heterocycles. The summed E-state index contributed by atoms with van der Waals surface area (Å²) < 4.78 is 6.48. The zero-order chi connectivity index (χ0) is 22.2. The van der Waals surface area contributed by atoms with Crippen molar-refractivity contribution in [1.82, 2.24) is 0 Å². The molecule has 6 aromatic rings. The molecule has 0 saturated heterocycles. The minimum absolute atomic E-state index is 0.924. The van der Waals surface area contributed by atoms with Crippen LogP contribution < -0.4 is 4.90 Å². The Morgan fingerprint density at radius 3 is 2.56 bits per heavy atom. The van der Waals surface area contributed by atoms with Gasteiger partial charge in [-0.2, -0.15) is 0 Å². The Hall–Kier alpha value is -3.95. The lowest BCUT2D eigenvalue weighted by atomic mass is 9.92. The molecule has 1 aromatic heterocycles. The lowest BCUT2D eigenvalue weighted by molar-refractivity contribution is 0.669. The molecule has 8 rings (SSSR count). The summed E-state index contributed by atoms with van der Waals surface area (Å²) in [6.45, 7) is 0. The van der Waals surface area contributed by atoms with Crippen LogP contribution in [0, 0.1) is 0 Å². The van der Waals surface area contributed by atoms with Crippen molar-refractivity contribution in [3.63, 3.8) is 0 Å². The molecule has 0 spiro atoms. The van der Waals surface area contributed by atoms with Gasteiger partial charge in [0.15, 0.2) is 5.58 Å². The molecule has 0 fully saturated rings. The molecule has 160 valence electrons. The number of benzene rings is 5. The van der Waals surface area contributed by atoms with Gasteiger partial charge in [-0.3, -0.25) is 0 Å². The van der Waals surface area contributed by atoms with Crippen LogP contribution in [-0.2, 0) is 6.42 Å². The summed E-state index contributed by atoms with van der Waals surface area (Å²) in [6, 6.07) is 32.5. The van der Waals surface area contributed by atoms with Crippen molar-refractivity contribution in [2.45, 2.75) is 16.2 Å². The van der Waals surface area contributed by atoms with Gasteiger partial charge in [0.1, 0.15) is 5.58 Å². The zero-order valence-electron chi connectivity index (χ0n) is 18.3. The van der Waals surface area contributed by atoms with E-state index in [9.17, 15) is 0 Å². The average molecular weight is 454 g/mol. The monoisotopic (exact) mass is 453 g/mol. The number of furan rings is 1. The van der Waals surface area contributed by atoms with E-state index in [1.54, 1.807) is 0 Å². The van der Waals surface area contributed by atoms with E-state index < -0.39 is 0 Å². The van der Waals surface area contributed by atoms with Gasteiger partial charge in [-0.1, -0.05) is 84.6 Å². The SMILES string of the molecule is C1=Cc2cccc3cc4c(c(c23)C1)Sc1ccccc1N4c1cccc2c1oc1ccccc12. The van der Waals surface area contributed by atoms with E-state index in [1.165, 1.54) is 43.1 Å². The zero-order valence-corrected chi connectivity index (χ0v) is 19.1. The summed E-state index contributed by atoms with van der Waals surface area (Å²) in [5.41, 5.74) is 8.09. The molecule has 0 saturated carbocycles. The van der Waals surface area contributed by atoms with Gasteiger partial charge in [0.05, 0.1) is 17.1 Å². The van der Waals surface area contributed by atoms with E-state index in [2.05, 4.69) is 102 Å². The largest absolute Gasteiger partial charge is 0.454 e. The number of nitrogens with zero attached hydrogens (tertiary/aromatic N) is 1. The normalized spacial score (nSPS) is 14.1. The van der Waals surface area contributed by atoms with Gasteiger partial charge in [0.2, 0.25) is 0 Å². The molecule has 0 N–H and O–H groups in total. The van der Waals surface area contributed by atoms with Crippen LogP contribution in [0.15, 0.2) is 111 Å². The molecule has 1 aliphatic carbocycles. The molecule has 2 aliphatic rings. The highest BCUT2D eigenvalue weighted by molar-refractivity contribution is 7.99. The Morgan fingerprint density at radius 1 is 0.735 bits per heavy atom. The van der Waals surface area contributed by atoms with Crippen LogP contribution >= 0.6 is 11.8 Å². The molecular formula is C31H19NOS. The fraction of sp³-hybridized carbons (Fsp3) is 0.0323. The second-order valence-corrected chi connectivity index (χ2v) is 9.96. The first-order valence-electron chi connectivity index (χ1n) is 11.6. The number of rotatable bonds is 1. The first-order valence-corrected chi connectivity index (χ1v) is 12.4. The number of fused-ring (bicyclic) bond motifs is 6. The summed E-state index contributed by atoms with van der Waals surface area (Å²) in [6.07, 6.45) is 5.51. The van der Waals surface area contributed by atoms with Crippen molar-refractivity contribution in [3.05, 3.63) is 108 Å². The Balaban J connectivity index is 1.49. The summed E-state index contributed by atoms with van der Waals surface area (Å²) in [5, 5.41) is 4.98. The summed E-state index contributed by atoms with van der Waals surface area (Å²) >= 11 is 1.89. The quantitative estimate of drug-likeness (QED) is 0.246. The van der Waals surface area contributed by atoms with Gasteiger partial charge in [0.25, 0.3) is 0 Å². The maximum absolute atomic E-state index is 6.48. The van der Waals surface area contributed by atoms with Crippen LogP contribution in [0.2, 0.25) is 0 Å². The van der Waals surface area contributed by atoms with Crippen molar-refractivity contribution in [3.8, 4) is 0 Å². The maximum atomic E-state index is 6.48. The smallest absolute Gasteiger partial charge is 0.159 e. The third-order valence-corrected chi connectivity index (χ3v) is 8.26. The van der Waals surface area contributed by atoms with E-state index >= 15 is 0 Å². The van der Waals surface area contributed by atoms with E-state index in [-0.39, 0.29) is 0 Å². The van der Waals surface area contributed by atoms with Gasteiger partial charge >= 0.3 is 0 Å². The summed E-state index contributed by atoms with van der Waals surface area (Å²) in [7, 11) is 0. The van der Waals surface area contributed by atoms with Gasteiger partial charge < -0.3 is 9.32 Å². The first-order chi connectivity index (χ1) is 16.9. The third kappa shape index (κ3) is 2.42. The number of anilines is 3. The molecule has 2 nitrogen and oxygen atoms in total. The standard InChI is InChI=1S/C31H19NOS/c1-3-16-27-21(11-1)22-12-7-15-25(30(22)33-27)32-24-14-2-4-17-28(24)34-31-23-13-6-9-19-8-5-10-20(29(19)23)18-26(31)32/h1-12,14-18H,13H2. The Labute approximate surface area is 201 Å². The Bertz CT molecular complexity index is 1830. The summed E-state index contributed by atoms with van der Waals surface area (Å²) in [4.78, 5) is 5.02. The third-order valence-electron chi connectivity index (χ3n) is 7.03. The van der Waals surface area contributed by atoms with Crippen LogP contribution in [0.5, 0.6) is 0 Å². The highest BCUT2D eigenvalue weighted by atomic mass is 32.2. The molecule has 1 aliphatic heterocycles. The fourth-order valence-electron chi connectivity index (χ4n) is 5.59. The molecule has 3 heteroatoms. The predicted molar refractivity (Wildman–Crippen MR) is 143 cm³/mol. The van der Waals surface area contributed by atoms with E-state index in [1.807, 2.05) is 17.8 Å². The van der Waals surface area contributed by atoms with Crippen LogP contribution in [0.25, 0.3) is 38.8 Å². The van der Waals surface area contributed by atoms with E-state index in [4.69, 9.17) is 4.42 Å². The van der Waals surface area contributed by atoms with Crippen LogP contribution in [0.4, 0.5) is 17.1 Å². The van der Waals surface area contributed by atoms with Crippen molar-refractivity contribution in [2.75, 3.05) is 4.90 Å². The molecule has 0 amide bonds. The fourth-order valence-corrected chi connectivity index (χ4v) is 6.79. The van der Waals surface area contributed by atoms with E-state index in [0.717, 1.165) is 34.0 Å². The highest BCUT2D eigenvalue weighted by Gasteiger charge is 2.30. The van der Waals surface area contributed by atoms with Crippen LogP contribution in [0.3, 0.4) is 0 Å². The van der Waals surface area contributed by atoms with Crippen LogP contribution in [-0.4, -0.2) is 0 Å². The molecular weight excluding hydrogens is 434 g/mol. The second-order valence-electron chi connectivity index (χ2n) is 8.91. The van der Waals surface area contributed by atoms with Crippen LogP contribution in [0.1, 0.15) is 11.1 Å². The number of para-hydroxylation sites is 3. The maximum Gasteiger partial charge on any atom is 0.159 e. The van der Waals surface area contributed by atoms with Gasteiger partial charge in [-0.25, -0.2) is 0 Å². The van der Waals surface area contributed by atoms with Crippen molar-refractivity contribution >= 4 is 67.6 Å². The Kier molecular flexibility index (Phi) is 3.69. The van der Waals surface area contributed by atoms with Crippen molar-refractivity contribution < 1.29 is 4.42 Å². The molecule has 34 heavy (non-hydrogen) atoms. The van der Waals surface area contributed by atoms with Crippen molar-refractivity contribution in [1.29, 1.82) is 0 Å². The van der Waals surface area contributed by atoms with Gasteiger partial charge in [-0.15, -0.1) is 0 Å². The molecule has 0 bridgehead atoms. The van der Waals surface area contributed by atoms with E-state index in [0.29, 0.717) is 0 Å². The second kappa shape index (κ2) is 6.78. The predicted octanol–water partition coefficient (Wildman–Crippen LogP) is 9.24. The molecule has 0 radical (unpaired) electrons. The molecule has 5 aromatic carbocycles. The topological polar surface area (TPSA) is 16.4 Å². The minimum Gasteiger partial charge on any atom is -0.454 e. The molecule has 0 atom stereocenters. The highest BCUT2D eigenvalue weighted by Crippen LogP contribution is 2.56. The Morgan fingerprint density at radius 2 is 1.56 bits per heavy atom. The first kappa shape index (κ1) is 18.5. The average Bonchev–Trinajstić information content (AvgIpc) is 3.27. The van der Waals surface area contributed by atoms with Crippen molar-refractivity contribution in [2.24, 2.45) is 0 Å². The lowest BCUT2D eigenvalue weighted by Gasteiger charge is -2.35. The number of hydrogen-bond donors (Lipinski definition) is 0. The summed E-state index contributed by atoms with van der Waals surface area (Å²) in [5.74, 6) is 0. The van der Waals surface area contributed by atoms with Gasteiger partial charge in [0, 0.05) is 20.6 Å².